The van der Waals surface area contributed by atoms with Crippen molar-refractivity contribution in [1.29, 1.82) is 0 Å². The third-order valence-corrected chi connectivity index (χ3v) is 5.83. The van der Waals surface area contributed by atoms with E-state index in [-0.39, 0.29) is 18.2 Å². The highest BCUT2D eigenvalue weighted by Gasteiger charge is 2.21. The number of hydrogen-bond acceptors (Lipinski definition) is 4. The van der Waals surface area contributed by atoms with Crippen molar-refractivity contribution >= 4 is 23.5 Å². The van der Waals surface area contributed by atoms with Crippen LogP contribution in [-0.2, 0) is 4.74 Å². The van der Waals surface area contributed by atoms with Gasteiger partial charge in [0.15, 0.2) is 0 Å². The Morgan fingerprint density at radius 1 is 1.35 bits per heavy atom. The number of nitrogens with zero attached hydrogens (tertiary/aromatic N) is 1. The summed E-state index contributed by atoms with van der Waals surface area (Å²) in [5.41, 5.74) is 1.95. The van der Waals surface area contributed by atoms with Crippen molar-refractivity contribution < 1.29 is 9.53 Å². The monoisotopic (exact) mass is 379 g/mol. The van der Waals surface area contributed by atoms with Gasteiger partial charge in [-0.15, -0.1) is 11.8 Å². The van der Waals surface area contributed by atoms with Crippen molar-refractivity contribution in [2.75, 3.05) is 31.5 Å². The van der Waals surface area contributed by atoms with E-state index in [2.05, 4.69) is 55.4 Å². The molecular weight excluding hydrogens is 346 g/mol. The minimum absolute atomic E-state index is 0.148. The molecule has 1 aliphatic heterocycles. The lowest BCUT2D eigenvalue weighted by molar-refractivity contribution is -0.0672. The molecule has 5 nitrogen and oxygen atoms in total. The minimum Gasteiger partial charge on any atom is -0.373 e. The molecule has 2 rings (SSSR count). The molecule has 3 atom stereocenters. The second kappa shape index (κ2) is 10.2. The van der Waals surface area contributed by atoms with Crippen molar-refractivity contribution in [3.05, 3.63) is 23.8 Å². The van der Waals surface area contributed by atoms with E-state index in [1.54, 1.807) is 0 Å². The van der Waals surface area contributed by atoms with E-state index in [1.165, 1.54) is 4.90 Å². The van der Waals surface area contributed by atoms with Gasteiger partial charge in [-0.1, -0.05) is 13.8 Å². The van der Waals surface area contributed by atoms with E-state index in [0.29, 0.717) is 11.8 Å². The number of aryl methyl sites for hydroxylation is 1. The van der Waals surface area contributed by atoms with Gasteiger partial charge in [-0.25, -0.2) is 4.79 Å². The Morgan fingerprint density at radius 2 is 2.04 bits per heavy atom. The first-order valence-corrected chi connectivity index (χ1v) is 10.4. The summed E-state index contributed by atoms with van der Waals surface area (Å²) in [6, 6.07) is 6.06. The number of carbonyl (C=O) groups excluding carboxylic acids is 1. The number of rotatable bonds is 7. The minimum atomic E-state index is -0.148. The summed E-state index contributed by atoms with van der Waals surface area (Å²) < 4.78 is 5.73. The van der Waals surface area contributed by atoms with Crippen LogP contribution in [0.5, 0.6) is 0 Å². The first kappa shape index (κ1) is 21.1. The zero-order chi connectivity index (χ0) is 19.1. The molecule has 1 aromatic rings. The number of morpholine rings is 1. The van der Waals surface area contributed by atoms with E-state index >= 15 is 0 Å². The van der Waals surface area contributed by atoms with Crippen molar-refractivity contribution in [2.45, 2.75) is 63.4 Å². The van der Waals surface area contributed by atoms with Crippen LogP contribution in [0.4, 0.5) is 10.5 Å². The molecule has 1 heterocycles. The smallest absolute Gasteiger partial charge is 0.319 e. The molecule has 1 saturated heterocycles. The first-order valence-electron chi connectivity index (χ1n) is 9.57. The van der Waals surface area contributed by atoms with Crippen LogP contribution in [0.15, 0.2) is 23.1 Å². The van der Waals surface area contributed by atoms with Gasteiger partial charge in [0.25, 0.3) is 0 Å². The quantitative estimate of drug-likeness (QED) is 0.700. The van der Waals surface area contributed by atoms with Crippen LogP contribution in [0, 0.1) is 6.92 Å². The predicted molar refractivity (Wildman–Crippen MR) is 110 cm³/mol. The van der Waals surface area contributed by atoms with Gasteiger partial charge in [-0.2, -0.15) is 0 Å². The topological polar surface area (TPSA) is 53.6 Å². The molecule has 1 aromatic carbocycles. The van der Waals surface area contributed by atoms with Crippen molar-refractivity contribution in [3.8, 4) is 0 Å². The van der Waals surface area contributed by atoms with E-state index in [9.17, 15) is 4.79 Å². The van der Waals surface area contributed by atoms with Crippen LogP contribution in [0.2, 0.25) is 0 Å². The molecule has 3 unspecified atom stereocenters. The van der Waals surface area contributed by atoms with E-state index in [0.717, 1.165) is 37.3 Å². The van der Waals surface area contributed by atoms with E-state index < -0.39 is 0 Å². The van der Waals surface area contributed by atoms with E-state index in [1.807, 2.05) is 24.8 Å². The number of carbonyl (C=O) groups is 1. The number of urea groups is 1. The highest BCUT2D eigenvalue weighted by molar-refractivity contribution is 7.99. The molecule has 0 radical (unpaired) electrons. The Bertz CT molecular complexity index is 586. The van der Waals surface area contributed by atoms with Crippen LogP contribution >= 0.6 is 11.8 Å². The fourth-order valence-electron chi connectivity index (χ4n) is 3.13. The number of nitrogens with one attached hydrogen (secondary N) is 2. The lowest BCUT2D eigenvalue weighted by Gasteiger charge is -2.35. The number of anilines is 1. The molecule has 2 amide bonds. The number of amides is 2. The molecule has 2 N–H and O–H groups in total. The summed E-state index contributed by atoms with van der Waals surface area (Å²) in [7, 11) is 0. The Labute approximate surface area is 162 Å². The van der Waals surface area contributed by atoms with Crippen molar-refractivity contribution in [2.24, 2.45) is 0 Å². The Hall–Kier alpha value is -1.24. The van der Waals surface area contributed by atoms with Crippen LogP contribution < -0.4 is 10.6 Å². The summed E-state index contributed by atoms with van der Waals surface area (Å²) in [4.78, 5) is 15.8. The average molecular weight is 380 g/mol. The van der Waals surface area contributed by atoms with Gasteiger partial charge in [0.1, 0.15) is 0 Å². The van der Waals surface area contributed by atoms with Crippen LogP contribution in [0.25, 0.3) is 0 Å². The Kier molecular flexibility index (Phi) is 8.25. The van der Waals surface area contributed by atoms with Gasteiger partial charge in [0.2, 0.25) is 0 Å². The maximum Gasteiger partial charge on any atom is 0.319 e. The molecule has 0 aromatic heterocycles. The molecule has 6 heteroatoms. The standard InChI is InChI=1S/C20H33N3O2S/c1-6-17(5)26-18-7-8-19(14(2)11-18)22-20(24)21-9-10-23-12-15(3)25-16(4)13-23/h7-8,11,15-17H,6,9-10,12-13H2,1-5H3,(H2,21,22,24). The zero-order valence-electron chi connectivity index (χ0n) is 16.7. The highest BCUT2D eigenvalue weighted by atomic mass is 32.2. The van der Waals surface area contributed by atoms with Gasteiger partial charge < -0.3 is 15.4 Å². The molecule has 26 heavy (non-hydrogen) atoms. The second-order valence-electron chi connectivity index (χ2n) is 7.21. The summed E-state index contributed by atoms with van der Waals surface area (Å²) in [5, 5.41) is 6.51. The molecule has 0 aliphatic carbocycles. The normalized spacial score (nSPS) is 22.0. The fraction of sp³-hybridized carbons (Fsp3) is 0.650. The summed E-state index contributed by atoms with van der Waals surface area (Å²) >= 11 is 1.87. The zero-order valence-corrected chi connectivity index (χ0v) is 17.5. The first-order chi connectivity index (χ1) is 12.4. The van der Waals surface area contributed by atoms with Gasteiger partial charge in [-0.3, -0.25) is 4.90 Å². The molecule has 1 fully saturated rings. The largest absolute Gasteiger partial charge is 0.373 e. The number of ether oxygens (including phenoxy) is 1. The maximum atomic E-state index is 12.2. The van der Waals surface area contributed by atoms with Gasteiger partial charge in [0, 0.05) is 42.0 Å². The van der Waals surface area contributed by atoms with Gasteiger partial charge in [-0.05, 0) is 51.0 Å². The van der Waals surface area contributed by atoms with E-state index in [4.69, 9.17) is 4.74 Å². The summed E-state index contributed by atoms with van der Waals surface area (Å²) in [6.07, 6.45) is 1.65. The highest BCUT2D eigenvalue weighted by Crippen LogP contribution is 2.28. The van der Waals surface area contributed by atoms with Crippen molar-refractivity contribution in [1.82, 2.24) is 10.2 Å². The van der Waals surface area contributed by atoms with Crippen LogP contribution in [0.1, 0.15) is 39.7 Å². The van der Waals surface area contributed by atoms with Crippen molar-refractivity contribution in [3.63, 3.8) is 0 Å². The number of benzene rings is 1. The Balaban J connectivity index is 1.77. The number of hydrogen-bond donors (Lipinski definition) is 2. The van der Waals surface area contributed by atoms with Gasteiger partial charge >= 0.3 is 6.03 Å². The third-order valence-electron chi connectivity index (χ3n) is 4.57. The fourth-order valence-corrected chi connectivity index (χ4v) is 4.15. The maximum absolute atomic E-state index is 12.2. The Morgan fingerprint density at radius 3 is 2.65 bits per heavy atom. The number of thioether (sulfide) groups is 1. The van der Waals surface area contributed by atoms with Crippen LogP contribution in [-0.4, -0.2) is 54.6 Å². The van der Waals surface area contributed by atoms with Crippen LogP contribution in [0.3, 0.4) is 0 Å². The SMILES string of the molecule is CCC(C)Sc1ccc(NC(=O)NCCN2CC(C)OC(C)C2)c(C)c1. The lowest BCUT2D eigenvalue weighted by Crippen LogP contribution is -2.48. The molecule has 1 aliphatic rings. The second-order valence-corrected chi connectivity index (χ2v) is 8.72. The summed E-state index contributed by atoms with van der Waals surface area (Å²) in [6.45, 7) is 14.0. The molecule has 146 valence electrons. The molecule has 0 spiro atoms. The molecule has 0 saturated carbocycles. The molecule has 0 bridgehead atoms. The summed E-state index contributed by atoms with van der Waals surface area (Å²) in [5.74, 6) is 0. The van der Waals surface area contributed by atoms with Gasteiger partial charge in [0.05, 0.1) is 12.2 Å². The molecular formula is C20H33N3O2S. The lowest BCUT2D eigenvalue weighted by atomic mass is 10.2. The predicted octanol–water partition coefficient (Wildman–Crippen LogP) is 4.12. The average Bonchev–Trinajstić information content (AvgIpc) is 2.56. The third kappa shape index (κ3) is 6.82.